The Morgan fingerprint density at radius 3 is 2.32 bits per heavy atom. The molecule has 2 aromatic rings. The topological polar surface area (TPSA) is 73.8 Å². The number of nitrogens with one attached hydrogen (secondary N) is 1. The molecule has 0 spiro atoms. The third-order valence-electron chi connectivity index (χ3n) is 4.46. The average molecular weight is 305 g/mol. The Kier molecular flexibility index (Phi) is 3.90. The van der Waals surface area contributed by atoms with Crippen molar-refractivity contribution in [2.24, 2.45) is 0 Å². The predicted octanol–water partition coefficient (Wildman–Crippen LogP) is 0.844. The molecule has 3 heterocycles. The summed E-state index contributed by atoms with van der Waals surface area (Å²) in [5.74, 6) is 0.877. The van der Waals surface area contributed by atoms with E-state index in [0.29, 0.717) is 30.8 Å². The van der Waals surface area contributed by atoms with Crippen molar-refractivity contribution < 1.29 is 0 Å². The van der Waals surface area contributed by atoms with E-state index in [1.165, 1.54) is 4.57 Å². The van der Waals surface area contributed by atoms with Crippen molar-refractivity contribution >= 4 is 11.2 Å². The van der Waals surface area contributed by atoms with E-state index in [1.54, 1.807) is 4.57 Å². The van der Waals surface area contributed by atoms with Gasteiger partial charge < -0.3 is 9.88 Å². The zero-order valence-corrected chi connectivity index (χ0v) is 13.4. The maximum atomic E-state index is 12.7. The second-order valence-corrected chi connectivity index (χ2v) is 5.61. The summed E-state index contributed by atoms with van der Waals surface area (Å²) in [6.07, 6.45) is 2.12. The lowest BCUT2D eigenvalue weighted by Gasteiger charge is -2.12. The second kappa shape index (κ2) is 5.72. The van der Waals surface area contributed by atoms with Gasteiger partial charge in [-0.05, 0) is 40.2 Å². The van der Waals surface area contributed by atoms with Crippen LogP contribution in [0, 0.1) is 0 Å². The lowest BCUT2D eigenvalue weighted by Crippen LogP contribution is -2.40. The van der Waals surface area contributed by atoms with Crippen LogP contribution >= 0.6 is 0 Å². The highest BCUT2D eigenvalue weighted by Gasteiger charge is 2.26. The highest BCUT2D eigenvalue weighted by Crippen LogP contribution is 2.24. The molecule has 0 aliphatic carbocycles. The molecule has 0 radical (unpaired) electrons. The van der Waals surface area contributed by atoms with Gasteiger partial charge in [0.2, 0.25) is 0 Å². The molecule has 1 atom stereocenters. The minimum atomic E-state index is -0.269. The molecule has 22 heavy (non-hydrogen) atoms. The van der Waals surface area contributed by atoms with Crippen molar-refractivity contribution in [3.8, 4) is 0 Å². The van der Waals surface area contributed by atoms with Gasteiger partial charge in [-0.2, -0.15) is 0 Å². The fraction of sp³-hybridized carbons (Fsp3) is 0.667. The lowest BCUT2D eigenvalue weighted by molar-refractivity contribution is 0.563. The molecule has 0 amide bonds. The van der Waals surface area contributed by atoms with E-state index < -0.39 is 0 Å². The fourth-order valence-corrected chi connectivity index (χ4v) is 3.36. The maximum absolute atomic E-state index is 12.7. The molecular weight excluding hydrogens is 282 g/mol. The third kappa shape index (κ3) is 2.03. The molecule has 1 aliphatic heterocycles. The van der Waals surface area contributed by atoms with E-state index in [2.05, 4.69) is 10.3 Å². The molecule has 0 saturated carbocycles. The first-order valence-electron chi connectivity index (χ1n) is 8.11. The summed E-state index contributed by atoms with van der Waals surface area (Å²) < 4.78 is 4.87. The van der Waals surface area contributed by atoms with Crippen LogP contribution < -0.4 is 16.6 Å². The Bertz CT molecular complexity index is 808. The van der Waals surface area contributed by atoms with Crippen LogP contribution in [0.2, 0.25) is 0 Å². The first-order valence-corrected chi connectivity index (χ1v) is 8.11. The van der Waals surface area contributed by atoms with Gasteiger partial charge >= 0.3 is 5.69 Å². The first-order chi connectivity index (χ1) is 10.6. The highest BCUT2D eigenvalue weighted by atomic mass is 16.2. The maximum Gasteiger partial charge on any atom is 0.332 e. The average Bonchev–Trinajstić information content (AvgIpc) is 3.15. The lowest BCUT2D eigenvalue weighted by atomic mass is 10.2. The summed E-state index contributed by atoms with van der Waals surface area (Å²) >= 11 is 0. The van der Waals surface area contributed by atoms with E-state index in [0.717, 1.165) is 25.2 Å². The van der Waals surface area contributed by atoms with Gasteiger partial charge in [0.15, 0.2) is 11.2 Å². The van der Waals surface area contributed by atoms with Gasteiger partial charge in [-0.1, -0.05) is 0 Å². The second-order valence-electron chi connectivity index (χ2n) is 5.61. The van der Waals surface area contributed by atoms with Gasteiger partial charge in [0.1, 0.15) is 5.82 Å². The van der Waals surface area contributed by atoms with Crippen LogP contribution in [0.1, 0.15) is 45.5 Å². The zero-order chi connectivity index (χ0) is 15.9. The van der Waals surface area contributed by atoms with Crippen LogP contribution in [0.3, 0.4) is 0 Å². The summed E-state index contributed by atoms with van der Waals surface area (Å²) in [5.41, 5.74) is 0.572. The molecule has 0 bridgehead atoms. The van der Waals surface area contributed by atoms with Crippen molar-refractivity contribution in [3.63, 3.8) is 0 Å². The minimum Gasteiger partial charge on any atom is -0.321 e. The van der Waals surface area contributed by atoms with Gasteiger partial charge in [-0.25, -0.2) is 9.78 Å². The number of hydrogen-bond donors (Lipinski definition) is 1. The standard InChI is InChI=1S/C15H23N5O2/c1-4-18-11-13(17-12(18)10-8-7-9-16-10)19(5-2)15(22)20(6-3)14(11)21/h10,16H,4-9H2,1-3H3. The van der Waals surface area contributed by atoms with Crippen LogP contribution in [0.5, 0.6) is 0 Å². The van der Waals surface area contributed by atoms with Crippen molar-refractivity contribution in [1.29, 1.82) is 0 Å². The van der Waals surface area contributed by atoms with Gasteiger partial charge in [-0.3, -0.25) is 13.9 Å². The Morgan fingerprint density at radius 2 is 1.77 bits per heavy atom. The van der Waals surface area contributed by atoms with Gasteiger partial charge in [0.05, 0.1) is 6.04 Å². The molecule has 3 rings (SSSR count). The molecule has 1 fully saturated rings. The van der Waals surface area contributed by atoms with Gasteiger partial charge in [0, 0.05) is 19.6 Å². The largest absolute Gasteiger partial charge is 0.332 e. The number of imidazole rings is 1. The smallest absolute Gasteiger partial charge is 0.321 e. The Hall–Kier alpha value is -1.89. The molecule has 120 valence electrons. The number of nitrogens with zero attached hydrogens (tertiary/aromatic N) is 4. The number of aryl methyl sites for hydroxylation is 2. The van der Waals surface area contributed by atoms with Crippen LogP contribution in [0.25, 0.3) is 11.2 Å². The summed E-state index contributed by atoms with van der Waals surface area (Å²) in [5, 5.41) is 3.43. The molecular formula is C15H23N5O2. The van der Waals surface area contributed by atoms with Crippen LogP contribution in [0.4, 0.5) is 0 Å². The third-order valence-corrected chi connectivity index (χ3v) is 4.46. The summed E-state index contributed by atoms with van der Waals surface area (Å²) in [6.45, 7) is 8.26. The van der Waals surface area contributed by atoms with E-state index in [1.807, 2.05) is 25.3 Å². The number of hydrogen-bond acceptors (Lipinski definition) is 4. The van der Waals surface area contributed by atoms with Crippen LogP contribution in [-0.4, -0.2) is 25.2 Å². The molecule has 1 aliphatic rings. The molecule has 7 nitrogen and oxygen atoms in total. The molecule has 1 unspecified atom stereocenters. The van der Waals surface area contributed by atoms with E-state index in [4.69, 9.17) is 0 Å². The minimum absolute atomic E-state index is 0.169. The molecule has 2 aromatic heterocycles. The van der Waals surface area contributed by atoms with Gasteiger partial charge in [-0.15, -0.1) is 0 Å². The van der Waals surface area contributed by atoms with Crippen molar-refractivity contribution in [1.82, 2.24) is 24.0 Å². The predicted molar refractivity (Wildman–Crippen MR) is 85.3 cm³/mol. The van der Waals surface area contributed by atoms with E-state index in [9.17, 15) is 9.59 Å². The van der Waals surface area contributed by atoms with Crippen LogP contribution in [0.15, 0.2) is 9.59 Å². The molecule has 7 heteroatoms. The fourth-order valence-electron chi connectivity index (χ4n) is 3.36. The summed E-state index contributed by atoms with van der Waals surface area (Å²) in [7, 11) is 0. The van der Waals surface area contributed by atoms with Crippen LogP contribution in [-0.2, 0) is 19.6 Å². The quantitative estimate of drug-likeness (QED) is 0.908. The molecule has 1 saturated heterocycles. The summed E-state index contributed by atoms with van der Waals surface area (Å²) in [4.78, 5) is 29.9. The monoisotopic (exact) mass is 305 g/mol. The molecule has 1 N–H and O–H groups in total. The normalized spacial score (nSPS) is 18.4. The SMILES string of the molecule is CCn1c(=O)c2c(nc(C3CCCN3)n2CC)n(CC)c1=O. The van der Waals surface area contributed by atoms with Crippen molar-refractivity contribution in [3.05, 3.63) is 26.7 Å². The van der Waals surface area contributed by atoms with Crippen molar-refractivity contribution in [2.45, 2.75) is 59.3 Å². The van der Waals surface area contributed by atoms with Crippen molar-refractivity contribution in [2.75, 3.05) is 6.54 Å². The Balaban J connectivity index is 2.40. The number of aromatic nitrogens is 4. The number of fused-ring (bicyclic) bond motifs is 1. The van der Waals surface area contributed by atoms with E-state index in [-0.39, 0.29) is 17.3 Å². The molecule has 0 aromatic carbocycles. The first kappa shape index (κ1) is 15.0. The number of rotatable bonds is 4. The summed E-state index contributed by atoms with van der Waals surface area (Å²) in [6, 6.07) is 0.169. The zero-order valence-electron chi connectivity index (χ0n) is 13.4. The Labute approximate surface area is 128 Å². The van der Waals surface area contributed by atoms with Gasteiger partial charge in [0.25, 0.3) is 5.56 Å². The van der Waals surface area contributed by atoms with E-state index >= 15 is 0 Å². The Morgan fingerprint density at radius 1 is 1.09 bits per heavy atom. The highest BCUT2D eigenvalue weighted by molar-refractivity contribution is 5.71.